The molecule has 0 heterocycles. The van der Waals surface area contributed by atoms with E-state index < -0.39 is 0 Å². The van der Waals surface area contributed by atoms with Gasteiger partial charge in [0.15, 0.2) is 0 Å². The summed E-state index contributed by atoms with van der Waals surface area (Å²) in [6.45, 7) is 7.11. The van der Waals surface area contributed by atoms with Crippen LogP contribution in [0.3, 0.4) is 0 Å². The smallest absolute Gasteiger partial charge is 0.0540 e. The zero-order chi connectivity index (χ0) is 36.4. The predicted molar refractivity (Wildman–Crippen MR) is 227 cm³/mol. The summed E-state index contributed by atoms with van der Waals surface area (Å²) >= 11 is 0. The minimum atomic E-state index is -0.276. The van der Waals surface area contributed by atoms with E-state index >= 15 is 0 Å². The van der Waals surface area contributed by atoms with Crippen molar-refractivity contribution in [1.29, 1.82) is 0 Å². The number of hydrogen-bond donors (Lipinski definition) is 0. The molecule has 8 aromatic carbocycles. The zero-order valence-electron chi connectivity index (χ0n) is 30.9. The van der Waals surface area contributed by atoms with Gasteiger partial charge in [0, 0.05) is 27.6 Å². The first-order valence-electron chi connectivity index (χ1n) is 19.0. The summed E-state index contributed by atoms with van der Waals surface area (Å²) in [4.78, 5) is 2.47. The van der Waals surface area contributed by atoms with Crippen molar-refractivity contribution in [1.82, 2.24) is 0 Å². The minimum Gasteiger partial charge on any atom is -0.309 e. The highest BCUT2D eigenvalue weighted by Gasteiger charge is 2.41. The molecule has 0 radical (unpaired) electrons. The van der Waals surface area contributed by atoms with Gasteiger partial charge < -0.3 is 4.90 Å². The normalized spacial score (nSPS) is 15.9. The van der Waals surface area contributed by atoms with E-state index in [0.29, 0.717) is 0 Å². The fourth-order valence-corrected chi connectivity index (χ4v) is 9.51. The first kappa shape index (κ1) is 32.2. The second-order valence-corrected chi connectivity index (χ2v) is 15.4. The number of hydrogen-bond acceptors (Lipinski definition) is 1. The maximum atomic E-state index is 2.47. The van der Waals surface area contributed by atoms with Crippen LogP contribution >= 0.6 is 0 Å². The van der Waals surface area contributed by atoms with E-state index in [4.69, 9.17) is 0 Å². The van der Waals surface area contributed by atoms with Crippen molar-refractivity contribution in [2.75, 3.05) is 4.90 Å². The summed E-state index contributed by atoms with van der Waals surface area (Å²) in [6.07, 6.45) is 0. The fourth-order valence-electron chi connectivity index (χ4n) is 9.51. The van der Waals surface area contributed by atoms with Gasteiger partial charge in [-0.25, -0.2) is 0 Å². The highest BCUT2D eigenvalue weighted by atomic mass is 15.1. The van der Waals surface area contributed by atoms with Crippen molar-refractivity contribution in [2.24, 2.45) is 0 Å². The SMILES string of the molecule is CC1(C)c2ccccc2-c2c(-c3ccccc3N(c3ccccc3)c3ccccc3-c3ccc4c(c3)C(C)(c3ccccc3)c3ccccc3-4)cccc21. The topological polar surface area (TPSA) is 3.24 Å². The molecule has 2 aliphatic carbocycles. The number of rotatable bonds is 6. The van der Waals surface area contributed by atoms with Crippen LogP contribution in [0.4, 0.5) is 17.1 Å². The Morgan fingerprint density at radius 1 is 0.352 bits per heavy atom. The average molecular weight is 692 g/mol. The van der Waals surface area contributed by atoms with Crippen molar-refractivity contribution < 1.29 is 0 Å². The molecular weight excluding hydrogens is 651 g/mol. The molecule has 10 rings (SSSR count). The Kier molecular flexibility index (Phi) is 7.35. The standard InChI is InChI=1S/C53H41N/c1-52(2)45-28-14-11-26-44(45)51-43(27-18-30-47(51)52)42-25-13-17-32-50(42)54(38-21-8-5-9-22-38)49-31-16-12-23-39(49)36-33-34-41-40-24-10-15-29-46(40)53(3,48(41)35-36)37-19-6-4-7-20-37/h4-35H,1-3H3. The van der Waals surface area contributed by atoms with Crippen LogP contribution in [0.15, 0.2) is 194 Å². The van der Waals surface area contributed by atoms with Crippen LogP contribution in [-0.4, -0.2) is 0 Å². The van der Waals surface area contributed by atoms with Crippen LogP contribution in [-0.2, 0) is 10.8 Å². The van der Waals surface area contributed by atoms with Crippen molar-refractivity contribution >= 4 is 17.1 Å². The molecule has 0 spiro atoms. The lowest BCUT2D eigenvalue weighted by molar-refractivity contribution is 0.660. The van der Waals surface area contributed by atoms with Crippen LogP contribution in [0.5, 0.6) is 0 Å². The first-order valence-corrected chi connectivity index (χ1v) is 19.0. The maximum absolute atomic E-state index is 2.47. The Labute approximate surface area is 318 Å². The van der Waals surface area contributed by atoms with Crippen LogP contribution in [0.1, 0.15) is 48.6 Å². The molecule has 0 bridgehead atoms. The number of para-hydroxylation sites is 3. The van der Waals surface area contributed by atoms with Gasteiger partial charge in [0.05, 0.1) is 11.4 Å². The van der Waals surface area contributed by atoms with E-state index in [0.717, 1.165) is 17.1 Å². The molecule has 1 heteroatoms. The largest absolute Gasteiger partial charge is 0.309 e. The van der Waals surface area contributed by atoms with Gasteiger partial charge in [0.2, 0.25) is 0 Å². The summed E-state index contributed by atoms with van der Waals surface area (Å²) in [5.41, 5.74) is 20.0. The van der Waals surface area contributed by atoms with E-state index in [1.807, 2.05) is 0 Å². The fraction of sp³-hybridized carbons (Fsp3) is 0.0943. The van der Waals surface area contributed by atoms with E-state index in [2.05, 4.69) is 220 Å². The molecule has 0 saturated carbocycles. The molecule has 2 aliphatic rings. The van der Waals surface area contributed by atoms with Gasteiger partial charge in [-0.3, -0.25) is 0 Å². The molecule has 0 N–H and O–H groups in total. The molecule has 0 aromatic heterocycles. The van der Waals surface area contributed by atoms with Gasteiger partial charge in [-0.1, -0.05) is 178 Å². The highest BCUT2D eigenvalue weighted by Crippen LogP contribution is 2.56. The third kappa shape index (κ3) is 4.71. The lowest BCUT2D eigenvalue weighted by Gasteiger charge is -2.31. The van der Waals surface area contributed by atoms with Crippen molar-refractivity contribution in [3.63, 3.8) is 0 Å². The Bertz CT molecular complexity index is 2700. The summed E-state index contributed by atoms with van der Waals surface area (Å²) in [5, 5.41) is 0. The number of fused-ring (bicyclic) bond motifs is 6. The van der Waals surface area contributed by atoms with Crippen LogP contribution in [0, 0.1) is 0 Å². The van der Waals surface area contributed by atoms with Crippen molar-refractivity contribution in [2.45, 2.75) is 31.6 Å². The van der Waals surface area contributed by atoms with E-state index in [-0.39, 0.29) is 10.8 Å². The van der Waals surface area contributed by atoms with Crippen molar-refractivity contribution in [3.05, 3.63) is 222 Å². The molecular formula is C53H41N. The molecule has 258 valence electrons. The van der Waals surface area contributed by atoms with Gasteiger partial charge in [0.25, 0.3) is 0 Å². The van der Waals surface area contributed by atoms with Gasteiger partial charge in [-0.2, -0.15) is 0 Å². The number of nitrogens with zero attached hydrogens (tertiary/aromatic N) is 1. The lowest BCUT2D eigenvalue weighted by atomic mass is 9.74. The summed E-state index contributed by atoms with van der Waals surface area (Å²) in [5.74, 6) is 0. The molecule has 1 unspecified atom stereocenters. The monoisotopic (exact) mass is 691 g/mol. The Balaban J connectivity index is 1.19. The van der Waals surface area contributed by atoms with Crippen LogP contribution in [0.2, 0.25) is 0 Å². The van der Waals surface area contributed by atoms with Gasteiger partial charge in [-0.05, 0) is 98.5 Å². The maximum Gasteiger partial charge on any atom is 0.0540 e. The summed E-state index contributed by atoms with van der Waals surface area (Å²) in [7, 11) is 0. The van der Waals surface area contributed by atoms with Crippen LogP contribution in [0.25, 0.3) is 44.5 Å². The van der Waals surface area contributed by atoms with Gasteiger partial charge in [-0.15, -0.1) is 0 Å². The molecule has 0 fully saturated rings. The number of anilines is 3. The zero-order valence-corrected chi connectivity index (χ0v) is 30.9. The second-order valence-electron chi connectivity index (χ2n) is 15.4. The summed E-state index contributed by atoms with van der Waals surface area (Å²) < 4.78 is 0. The van der Waals surface area contributed by atoms with E-state index in [9.17, 15) is 0 Å². The van der Waals surface area contributed by atoms with Crippen LogP contribution < -0.4 is 4.90 Å². The van der Waals surface area contributed by atoms with Gasteiger partial charge >= 0.3 is 0 Å². The second kappa shape index (κ2) is 12.3. The van der Waals surface area contributed by atoms with Gasteiger partial charge in [0.1, 0.15) is 0 Å². The molecule has 0 aliphatic heterocycles. The Morgan fingerprint density at radius 2 is 0.870 bits per heavy atom. The Hall–Kier alpha value is -6.44. The molecule has 54 heavy (non-hydrogen) atoms. The highest BCUT2D eigenvalue weighted by molar-refractivity contribution is 6.00. The van der Waals surface area contributed by atoms with E-state index in [1.165, 1.54) is 72.3 Å². The first-order chi connectivity index (χ1) is 26.5. The predicted octanol–water partition coefficient (Wildman–Crippen LogP) is 14.1. The van der Waals surface area contributed by atoms with Crippen molar-refractivity contribution in [3.8, 4) is 44.5 Å². The molecule has 1 atom stereocenters. The average Bonchev–Trinajstić information content (AvgIpc) is 3.63. The molecule has 1 nitrogen and oxygen atoms in total. The quantitative estimate of drug-likeness (QED) is 0.168. The molecule has 0 amide bonds. The van der Waals surface area contributed by atoms with E-state index in [1.54, 1.807) is 0 Å². The third-order valence-corrected chi connectivity index (χ3v) is 12.2. The third-order valence-electron chi connectivity index (χ3n) is 12.2. The lowest BCUT2D eigenvalue weighted by Crippen LogP contribution is -2.22. The number of benzene rings is 8. The Morgan fingerprint density at radius 3 is 1.61 bits per heavy atom. The molecule has 0 saturated heterocycles. The minimum absolute atomic E-state index is 0.0793. The summed E-state index contributed by atoms with van der Waals surface area (Å²) in [6, 6.07) is 71.6. The molecule has 8 aromatic rings.